The molecule has 0 aliphatic carbocycles. The van der Waals surface area contributed by atoms with Gasteiger partial charge in [0, 0.05) is 17.4 Å². The molecule has 27 heavy (non-hydrogen) atoms. The zero-order valence-electron chi connectivity index (χ0n) is 14.1. The first-order valence-corrected chi connectivity index (χ1v) is 9.59. The van der Waals surface area contributed by atoms with Crippen molar-refractivity contribution >= 4 is 62.0 Å². The van der Waals surface area contributed by atoms with Gasteiger partial charge in [-0.2, -0.15) is 5.10 Å². The predicted octanol–water partition coefficient (Wildman–Crippen LogP) is 5.26. The number of hydrogen-bond donors (Lipinski definition) is 2. The van der Waals surface area contributed by atoms with Gasteiger partial charge in [-0.1, -0.05) is 40.6 Å². The smallest absolute Gasteiger partial charge is 0.210 e. The minimum Gasteiger partial charge on any atom is -0.329 e. The van der Waals surface area contributed by atoms with E-state index in [-0.39, 0.29) is 5.78 Å². The lowest BCUT2D eigenvalue weighted by Crippen LogP contribution is -1.96. The Labute approximate surface area is 168 Å². The SMILES string of the molecule is CC(=O)Cc1ccc(Cl)c(-c2nnc(Nc3ccc4[nH]ncc4c3Cl)s2)c1. The number of nitrogens with zero attached hydrogens (tertiary/aromatic N) is 3. The molecule has 0 spiro atoms. The molecule has 0 atom stereocenters. The molecule has 136 valence electrons. The first-order valence-electron chi connectivity index (χ1n) is 8.01. The largest absolute Gasteiger partial charge is 0.329 e. The molecule has 4 aromatic rings. The zero-order chi connectivity index (χ0) is 19.0. The first-order chi connectivity index (χ1) is 13.0. The third-order valence-electron chi connectivity index (χ3n) is 3.94. The van der Waals surface area contributed by atoms with Crippen molar-refractivity contribution in [2.75, 3.05) is 5.32 Å². The van der Waals surface area contributed by atoms with E-state index in [1.807, 2.05) is 24.3 Å². The summed E-state index contributed by atoms with van der Waals surface area (Å²) in [5, 5.41) is 21.6. The fraction of sp³-hybridized carbons (Fsp3) is 0.111. The Bertz CT molecular complexity index is 1150. The molecule has 2 aromatic carbocycles. The Balaban J connectivity index is 1.63. The molecular weight excluding hydrogens is 405 g/mol. The van der Waals surface area contributed by atoms with Gasteiger partial charge in [0.25, 0.3) is 0 Å². The highest BCUT2D eigenvalue weighted by Crippen LogP contribution is 2.36. The molecule has 0 aliphatic rings. The Hall–Kier alpha value is -2.48. The minimum atomic E-state index is 0.0900. The van der Waals surface area contributed by atoms with Crippen LogP contribution in [0.2, 0.25) is 10.0 Å². The number of ketones is 1. The Morgan fingerprint density at radius 2 is 2.07 bits per heavy atom. The van der Waals surface area contributed by atoms with Crippen molar-refractivity contribution in [3.8, 4) is 10.6 Å². The number of carbonyl (C=O) groups is 1. The molecular formula is C18H13Cl2N5OS. The summed E-state index contributed by atoms with van der Waals surface area (Å²) in [5.41, 5.74) is 3.21. The number of hydrogen-bond acceptors (Lipinski definition) is 6. The van der Waals surface area contributed by atoms with Gasteiger partial charge in [0.15, 0.2) is 5.01 Å². The maximum Gasteiger partial charge on any atom is 0.210 e. The summed E-state index contributed by atoms with van der Waals surface area (Å²) >= 11 is 14.1. The molecule has 6 nitrogen and oxygen atoms in total. The van der Waals surface area contributed by atoms with Crippen LogP contribution in [0.25, 0.3) is 21.5 Å². The number of fused-ring (bicyclic) bond motifs is 1. The summed E-state index contributed by atoms with van der Waals surface area (Å²) < 4.78 is 0. The van der Waals surface area contributed by atoms with Crippen LogP contribution in [0, 0.1) is 0 Å². The Kier molecular flexibility index (Phi) is 4.82. The molecule has 2 N–H and O–H groups in total. The fourth-order valence-corrected chi connectivity index (χ4v) is 4.02. The topological polar surface area (TPSA) is 83.6 Å². The number of rotatable bonds is 5. The molecule has 0 aliphatic heterocycles. The highest BCUT2D eigenvalue weighted by molar-refractivity contribution is 7.18. The van der Waals surface area contributed by atoms with Crippen molar-refractivity contribution in [1.29, 1.82) is 0 Å². The van der Waals surface area contributed by atoms with Crippen LogP contribution in [0.1, 0.15) is 12.5 Å². The molecule has 0 unspecified atom stereocenters. The molecule has 0 saturated carbocycles. The van der Waals surface area contributed by atoms with Gasteiger partial charge in [0.2, 0.25) is 5.13 Å². The van der Waals surface area contributed by atoms with E-state index in [9.17, 15) is 4.79 Å². The summed E-state index contributed by atoms with van der Waals surface area (Å²) in [6.07, 6.45) is 2.03. The van der Waals surface area contributed by atoms with Crippen LogP contribution in [0.5, 0.6) is 0 Å². The van der Waals surface area contributed by atoms with Crippen molar-refractivity contribution < 1.29 is 4.79 Å². The Morgan fingerprint density at radius 1 is 1.22 bits per heavy atom. The molecule has 0 fully saturated rings. The standard InChI is InChI=1S/C18H13Cl2N5OS/c1-9(26)6-10-2-3-13(19)11(7-10)17-24-25-18(27-17)22-15-5-4-14-12(16(15)20)8-21-23-14/h2-5,7-8H,6H2,1H3,(H,21,23)(H,22,25). The van der Waals surface area contributed by atoms with Gasteiger partial charge < -0.3 is 5.32 Å². The maximum absolute atomic E-state index is 11.4. The molecule has 0 saturated heterocycles. The summed E-state index contributed by atoms with van der Waals surface area (Å²) in [5.74, 6) is 0.0900. The maximum atomic E-state index is 11.4. The van der Waals surface area contributed by atoms with Gasteiger partial charge in [-0.3, -0.25) is 9.89 Å². The quantitative estimate of drug-likeness (QED) is 0.462. The summed E-state index contributed by atoms with van der Waals surface area (Å²) in [6, 6.07) is 9.23. The first kappa shape index (κ1) is 17.9. The highest BCUT2D eigenvalue weighted by atomic mass is 35.5. The van der Waals surface area contributed by atoms with E-state index in [4.69, 9.17) is 23.2 Å². The second-order valence-electron chi connectivity index (χ2n) is 5.99. The van der Waals surface area contributed by atoms with Crippen LogP contribution in [-0.2, 0) is 11.2 Å². The lowest BCUT2D eigenvalue weighted by molar-refractivity contribution is -0.116. The van der Waals surface area contributed by atoms with Gasteiger partial charge >= 0.3 is 0 Å². The number of carbonyl (C=O) groups excluding carboxylic acids is 1. The van der Waals surface area contributed by atoms with E-state index in [2.05, 4.69) is 25.7 Å². The second kappa shape index (κ2) is 7.26. The van der Waals surface area contributed by atoms with Gasteiger partial charge in [-0.25, -0.2) is 0 Å². The van der Waals surface area contributed by atoms with Crippen molar-refractivity contribution in [1.82, 2.24) is 20.4 Å². The van der Waals surface area contributed by atoms with Crippen molar-refractivity contribution in [2.24, 2.45) is 0 Å². The minimum absolute atomic E-state index is 0.0900. The molecule has 0 radical (unpaired) electrons. The fourth-order valence-electron chi connectivity index (χ4n) is 2.71. The van der Waals surface area contributed by atoms with Crippen molar-refractivity contribution in [2.45, 2.75) is 13.3 Å². The van der Waals surface area contributed by atoms with E-state index >= 15 is 0 Å². The molecule has 4 rings (SSSR count). The number of Topliss-reactive ketones (excluding diaryl/α,β-unsaturated/α-hetero) is 1. The van der Waals surface area contributed by atoms with Crippen LogP contribution in [-0.4, -0.2) is 26.2 Å². The van der Waals surface area contributed by atoms with Crippen LogP contribution in [0.4, 0.5) is 10.8 Å². The van der Waals surface area contributed by atoms with Gasteiger partial charge in [0.1, 0.15) is 5.78 Å². The van der Waals surface area contributed by atoms with E-state index < -0.39 is 0 Å². The van der Waals surface area contributed by atoms with E-state index in [1.165, 1.54) is 11.3 Å². The third kappa shape index (κ3) is 3.66. The number of aromatic nitrogens is 4. The second-order valence-corrected chi connectivity index (χ2v) is 7.75. The van der Waals surface area contributed by atoms with Gasteiger partial charge in [-0.05, 0) is 36.8 Å². The molecule has 0 amide bonds. The van der Waals surface area contributed by atoms with Crippen LogP contribution < -0.4 is 5.32 Å². The van der Waals surface area contributed by atoms with E-state index in [0.29, 0.717) is 32.3 Å². The number of aromatic amines is 1. The van der Waals surface area contributed by atoms with Gasteiger partial charge in [-0.15, -0.1) is 10.2 Å². The Morgan fingerprint density at radius 3 is 2.89 bits per heavy atom. The van der Waals surface area contributed by atoms with E-state index in [0.717, 1.165) is 22.0 Å². The van der Waals surface area contributed by atoms with Crippen molar-refractivity contribution in [3.05, 3.63) is 52.1 Å². The van der Waals surface area contributed by atoms with Crippen molar-refractivity contribution in [3.63, 3.8) is 0 Å². The summed E-state index contributed by atoms with van der Waals surface area (Å²) in [4.78, 5) is 11.4. The van der Waals surface area contributed by atoms with Crippen LogP contribution >= 0.6 is 34.5 Å². The molecule has 2 heterocycles. The monoisotopic (exact) mass is 417 g/mol. The highest BCUT2D eigenvalue weighted by Gasteiger charge is 2.14. The predicted molar refractivity (Wildman–Crippen MR) is 109 cm³/mol. The summed E-state index contributed by atoms with van der Waals surface area (Å²) in [6.45, 7) is 1.56. The normalized spacial score (nSPS) is 11.1. The van der Waals surface area contributed by atoms with Crippen LogP contribution in [0.15, 0.2) is 36.5 Å². The zero-order valence-corrected chi connectivity index (χ0v) is 16.4. The third-order valence-corrected chi connectivity index (χ3v) is 5.55. The molecule has 0 bridgehead atoms. The number of nitrogens with one attached hydrogen (secondary N) is 2. The van der Waals surface area contributed by atoms with Crippen LogP contribution in [0.3, 0.4) is 0 Å². The number of H-pyrrole nitrogens is 1. The number of halogens is 2. The summed E-state index contributed by atoms with van der Waals surface area (Å²) in [7, 11) is 0. The average Bonchev–Trinajstić information content (AvgIpc) is 3.28. The van der Waals surface area contributed by atoms with Gasteiger partial charge in [0.05, 0.1) is 27.4 Å². The lowest BCUT2D eigenvalue weighted by atomic mass is 10.1. The number of anilines is 2. The lowest BCUT2D eigenvalue weighted by Gasteiger charge is -2.05. The average molecular weight is 418 g/mol. The van der Waals surface area contributed by atoms with E-state index in [1.54, 1.807) is 19.2 Å². The molecule has 9 heteroatoms. The number of benzene rings is 2. The molecule has 2 aromatic heterocycles.